The van der Waals surface area contributed by atoms with Gasteiger partial charge in [0.15, 0.2) is 12.2 Å². The third kappa shape index (κ3) is 2.42. The lowest BCUT2D eigenvalue weighted by molar-refractivity contribution is 0.267. The van der Waals surface area contributed by atoms with Gasteiger partial charge in [0.05, 0.1) is 5.69 Å². The van der Waals surface area contributed by atoms with Crippen LogP contribution in [0, 0.1) is 6.92 Å². The van der Waals surface area contributed by atoms with Crippen molar-refractivity contribution in [2.24, 2.45) is 0 Å². The van der Waals surface area contributed by atoms with E-state index in [0.29, 0.717) is 27.7 Å². The van der Waals surface area contributed by atoms with Gasteiger partial charge < -0.3 is 14.9 Å². The summed E-state index contributed by atoms with van der Waals surface area (Å²) in [6, 6.07) is 10.9. The van der Waals surface area contributed by atoms with E-state index >= 15 is 0 Å². The molecule has 0 saturated carbocycles. The number of benzene rings is 2. The minimum absolute atomic E-state index is 0.245. The molecule has 1 aromatic heterocycles. The average Bonchev–Trinajstić information content (AvgIpc) is 2.85. The van der Waals surface area contributed by atoms with Crippen LogP contribution in [0.3, 0.4) is 0 Å². The Bertz CT molecular complexity index is 768. The van der Waals surface area contributed by atoms with Gasteiger partial charge in [-0.15, -0.1) is 0 Å². The molecule has 3 aromatic rings. The van der Waals surface area contributed by atoms with E-state index in [1.54, 1.807) is 12.1 Å². The van der Waals surface area contributed by atoms with E-state index in [9.17, 15) is 0 Å². The number of nitrogen functional groups attached to an aromatic ring is 1. The third-order valence-electron chi connectivity index (χ3n) is 2.99. The SMILES string of the molecule is Cc1cc(OCc2nc3c(N)cccc3o2)ccc1Cl. The highest BCUT2D eigenvalue weighted by molar-refractivity contribution is 6.31. The molecule has 0 aliphatic heterocycles. The Morgan fingerprint density at radius 1 is 1.30 bits per heavy atom. The van der Waals surface area contributed by atoms with Gasteiger partial charge in [0, 0.05) is 5.02 Å². The van der Waals surface area contributed by atoms with E-state index in [2.05, 4.69) is 4.98 Å². The van der Waals surface area contributed by atoms with Crippen molar-refractivity contribution in [3.8, 4) is 5.75 Å². The molecule has 0 bridgehead atoms. The first kappa shape index (κ1) is 12.8. The van der Waals surface area contributed by atoms with Crippen LogP contribution in [0.5, 0.6) is 5.75 Å². The topological polar surface area (TPSA) is 61.3 Å². The molecule has 0 unspecified atom stereocenters. The molecule has 2 aromatic carbocycles. The second kappa shape index (κ2) is 5.06. The molecule has 1 heterocycles. The van der Waals surface area contributed by atoms with E-state index in [1.807, 2.05) is 31.2 Å². The second-order valence-corrected chi connectivity index (χ2v) is 4.91. The van der Waals surface area contributed by atoms with Crippen molar-refractivity contribution >= 4 is 28.4 Å². The van der Waals surface area contributed by atoms with Crippen LogP contribution in [-0.4, -0.2) is 4.98 Å². The molecule has 3 rings (SSSR count). The lowest BCUT2D eigenvalue weighted by Gasteiger charge is -2.05. The van der Waals surface area contributed by atoms with Crippen molar-refractivity contribution in [3.05, 3.63) is 52.9 Å². The Balaban J connectivity index is 1.79. The number of nitrogens with two attached hydrogens (primary N) is 1. The van der Waals surface area contributed by atoms with Crippen LogP contribution in [0.2, 0.25) is 5.02 Å². The van der Waals surface area contributed by atoms with Gasteiger partial charge >= 0.3 is 0 Å². The lowest BCUT2D eigenvalue weighted by Crippen LogP contribution is -1.96. The Labute approximate surface area is 121 Å². The number of aryl methyl sites for hydroxylation is 1. The molecule has 0 aliphatic carbocycles. The number of oxazole rings is 1. The molecule has 2 N–H and O–H groups in total. The molecule has 4 nitrogen and oxygen atoms in total. The Kier molecular flexibility index (Phi) is 3.24. The molecule has 0 radical (unpaired) electrons. The molecular formula is C15H13ClN2O2. The molecule has 102 valence electrons. The maximum absolute atomic E-state index is 5.97. The zero-order valence-electron chi connectivity index (χ0n) is 10.9. The van der Waals surface area contributed by atoms with Crippen LogP contribution in [0.15, 0.2) is 40.8 Å². The molecule has 5 heteroatoms. The molecule has 20 heavy (non-hydrogen) atoms. The quantitative estimate of drug-likeness (QED) is 0.741. The summed E-state index contributed by atoms with van der Waals surface area (Å²) in [5, 5.41) is 0.715. The van der Waals surface area contributed by atoms with Crippen molar-refractivity contribution < 1.29 is 9.15 Å². The Morgan fingerprint density at radius 3 is 2.90 bits per heavy atom. The van der Waals surface area contributed by atoms with Crippen molar-refractivity contribution in [1.29, 1.82) is 0 Å². The monoisotopic (exact) mass is 288 g/mol. The molecule has 0 amide bonds. The van der Waals surface area contributed by atoms with Crippen molar-refractivity contribution in [1.82, 2.24) is 4.98 Å². The van der Waals surface area contributed by atoms with E-state index in [-0.39, 0.29) is 6.61 Å². The fourth-order valence-electron chi connectivity index (χ4n) is 1.93. The lowest BCUT2D eigenvalue weighted by atomic mass is 10.2. The number of ether oxygens (including phenoxy) is 1. The molecule has 0 saturated heterocycles. The van der Waals surface area contributed by atoms with E-state index < -0.39 is 0 Å². The molecular weight excluding hydrogens is 276 g/mol. The summed E-state index contributed by atoms with van der Waals surface area (Å²) in [6.07, 6.45) is 0. The number of fused-ring (bicyclic) bond motifs is 1. The fraction of sp³-hybridized carbons (Fsp3) is 0.133. The Hall–Kier alpha value is -2.20. The van der Waals surface area contributed by atoms with Crippen LogP contribution in [0.25, 0.3) is 11.1 Å². The number of anilines is 1. The normalized spacial score (nSPS) is 10.9. The first-order chi connectivity index (χ1) is 9.63. The molecule has 0 atom stereocenters. The number of para-hydroxylation sites is 1. The van der Waals surface area contributed by atoms with E-state index in [1.165, 1.54) is 0 Å². The number of rotatable bonds is 3. The highest BCUT2D eigenvalue weighted by atomic mass is 35.5. The number of aromatic nitrogens is 1. The van der Waals surface area contributed by atoms with Gasteiger partial charge in [-0.1, -0.05) is 17.7 Å². The van der Waals surface area contributed by atoms with Gasteiger partial charge in [-0.2, -0.15) is 0 Å². The van der Waals surface area contributed by atoms with Crippen molar-refractivity contribution in [2.75, 3.05) is 5.73 Å². The van der Waals surface area contributed by atoms with Gasteiger partial charge in [0.1, 0.15) is 11.3 Å². The summed E-state index contributed by atoms with van der Waals surface area (Å²) in [5.41, 5.74) is 8.72. The predicted octanol–water partition coefficient (Wildman–Crippen LogP) is 3.95. The molecule has 0 spiro atoms. The zero-order valence-corrected chi connectivity index (χ0v) is 11.6. The van der Waals surface area contributed by atoms with Crippen LogP contribution in [0.4, 0.5) is 5.69 Å². The highest BCUT2D eigenvalue weighted by Crippen LogP contribution is 2.24. The minimum atomic E-state index is 0.245. The van der Waals surface area contributed by atoms with Gasteiger partial charge in [0.25, 0.3) is 0 Å². The summed E-state index contributed by atoms with van der Waals surface area (Å²) in [5.74, 6) is 1.22. The van der Waals surface area contributed by atoms with Crippen LogP contribution < -0.4 is 10.5 Å². The molecule has 0 fully saturated rings. The standard InChI is InChI=1S/C15H13ClN2O2/c1-9-7-10(5-6-11(9)16)19-8-14-18-15-12(17)3-2-4-13(15)20-14/h2-7H,8,17H2,1H3. The number of nitrogens with zero attached hydrogens (tertiary/aromatic N) is 1. The summed E-state index contributed by atoms with van der Waals surface area (Å²) in [6.45, 7) is 2.17. The van der Waals surface area contributed by atoms with Gasteiger partial charge in [-0.3, -0.25) is 0 Å². The Morgan fingerprint density at radius 2 is 2.15 bits per heavy atom. The van der Waals surface area contributed by atoms with E-state index in [4.69, 9.17) is 26.5 Å². The van der Waals surface area contributed by atoms with Crippen LogP contribution in [0.1, 0.15) is 11.5 Å². The van der Waals surface area contributed by atoms with Gasteiger partial charge in [-0.25, -0.2) is 4.98 Å². The highest BCUT2D eigenvalue weighted by Gasteiger charge is 2.08. The largest absolute Gasteiger partial charge is 0.484 e. The summed E-state index contributed by atoms with van der Waals surface area (Å²) in [4.78, 5) is 4.32. The maximum atomic E-state index is 5.97. The van der Waals surface area contributed by atoms with Gasteiger partial charge in [0.2, 0.25) is 5.89 Å². The third-order valence-corrected chi connectivity index (χ3v) is 3.41. The number of halogens is 1. The summed E-state index contributed by atoms with van der Waals surface area (Å²) < 4.78 is 11.2. The van der Waals surface area contributed by atoms with E-state index in [0.717, 1.165) is 11.3 Å². The summed E-state index contributed by atoms with van der Waals surface area (Å²) >= 11 is 5.97. The van der Waals surface area contributed by atoms with Crippen LogP contribution >= 0.6 is 11.6 Å². The first-order valence-electron chi connectivity index (χ1n) is 6.16. The van der Waals surface area contributed by atoms with Crippen molar-refractivity contribution in [3.63, 3.8) is 0 Å². The number of hydrogen-bond donors (Lipinski definition) is 1. The van der Waals surface area contributed by atoms with Gasteiger partial charge in [-0.05, 0) is 42.8 Å². The molecule has 0 aliphatic rings. The van der Waals surface area contributed by atoms with Crippen LogP contribution in [-0.2, 0) is 6.61 Å². The smallest absolute Gasteiger partial charge is 0.233 e. The first-order valence-corrected chi connectivity index (χ1v) is 6.54. The maximum Gasteiger partial charge on any atom is 0.233 e. The minimum Gasteiger partial charge on any atom is -0.484 e. The predicted molar refractivity (Wildman–Crippen MR) is 78.9 cm³/mol. The average molecular weight is 289 g/mol. The second-order valence-electron chi connectivity index (χ2n) is 4.50. The summed E-state index contributed by atoms with van der Waals surface area (Å²) in [7, 11) is 0. The zero-order chi connectivity index (χ0) is 14.1. The number of hydrogen-bond acceptors (Lipinski definition) is 4. The van der Waals surface area contributed by atoms with Crippen molar-refractivity contribution in [2.45, 2.75) is 13.5 Å². The fourth-order valence-corrected chi connectivity index (χ4v) is 2.05.